The van der Waals surface area contributed by atoms with Crippen LogP contribution in [0.2, 0.25) is 5.02 Å². The van der Waals surface area contributed by atoms with Gasteiger partial charge in [0.2, 0.25) is 0 Å². The van der Waals surface area contributed by atoms with Crippen LogP contribution in [0.4, 0.5) is 5.69 Å². The van der Waals surface area contributed by atoms with Crippen LogP contribution in [-0.4, -0.2) is 12.5 Å². The molecule has 100 valence electrons. The van der Waals surface area contributed by atoms with E-state index >= 15 is 0 Å². The maximum Gasteiger partial charge on any atom is 0.263 e. The maximum atomic E-state index is 12.1. The van der Waals surface area contributed by atoms with Gasteiger partial charge in [-0.3, -0.25) is 4.79 Å². The number of fused-ring (bicyclic) bond motifs is 1. The molecule has 1 aliphatic rings. The van der Waals surface area contributed by atoms with Crippen molar-refractivity contribution in [1.29, 1.82) is 0 Å². The number of nitrogens with one attached hydrogen (secondary N) is 1. The Bertz CT molecular complexity index is 634. The van der Waals surface area contributed by atoms with Crippen molar-refractivity contribution < 1.29 is 4.79 Å². The Kier molecular flexibility index (Phi) is 3.37. The third-order valence-electron chi connectivity index (χ3n) is 3.43. The largest absolute Gasteiger partial charge is 0.397 e. The number of thiophene rings is 1. The molecule has 1 aromatic heterocycles. The van der Waals surface area contributed by atoms with Crippen LogP contribution in [-0.2, 0) is 0 Å². The van der Waals surface area contributed by atoms with Crippen LogP contribution >= 0.6 is 22.9 Å². The number of rotatable bonds is 4. The van der Waals surface area contributed by atoms with Gasteiger partial charge in [0.05, 0.1) is 5.69 Å². The minimum absolute atomic E-state index is 0.0736. The smallest absolute Gasteiger partial charge is 0.263 e. The normalized spacial score (nSPS) is 14.8. The van der Waals surface area contributed by atoms with E-state index < -0.39 is 0 Å². The Morgan fingerprint density at radius 3 is 3.00 bits per heavy atom. The molecule has 3 nitrogen and oxygen atoms in total. The Hall–Kier alpha value is -1.26. The highest BCUT2D eigenvalue weighted by atomic mass is 35.5. The van der Waals surface area contributed by atoms with Gasteiger partial charge in [0.15, 0.2) is 0 Å². The number of amides is 1. The van der Waals surface area contributed by atoms with E-state index in [4.69, 9.17) is 17.3 Å². The van der Waals surface area contributed by atoms with E-state index in [1.165, 1.54) is 24.2 Å². The predicted octanol–water partition coefficient (Wildman–Crippen LogP) is 3.67. The molecule has 1 heterocycles. The summed E-state index contributed by atoms with van der Waals surface area (Å²) in [6.07, 6.45) is 3.68. The minimum atomic E-state index is -0.0736. The second-order valence-electron chi connectivity index (χ2n) is 4.97. The molecule has 3 rings (SSSR count). The highest BCUT2D eigenvalue weighted by Gasteiger charge is 2.21. The second kappa shape index (κ2) is 5.02. The molecule has 0 atom stereocenters. The molecule has 5 heteroatoms. The van der Waals surface area contributed by atoms with Gasteiger partial charge < -0.3 is 11.1 Å². The fraction of sp³-hybridized carbons (Fsp3) is 0.357. The van der Waals surface area contributed by atoms with Crippen molar-refractivity contribution in [2.45, 2.75) is 19.3 Å². The van der Waals surface area contributed by atoms with Gasteiger partial charge in [-0.15, -0.1) is 11.3 Å². The Labute approximate surface area is 120 Å². The number of carbonyl (C=O) groups excluding carboxylic acids is 1. The summed E-state index contributed by atoms with van der Waals surface area (Å²) in [7, 11) is 0. The van der Waals surface area contributed by atoms with E-state index in [-0.39, 0.29) is 5.91 Å². The molecule has 0 radical (unpaired) electrons. The molecule has 1 saturated carbocycles. The van der Waals surface area contributed by atoms with Gasteiger partial charge in [-0.2, -0.15) is 0 Å². The van der Waals surface area contributed by atoms with Gasteiger partial charge >= 0.3 is 0 Å². The number of carbonyl (C=O) groups is 1. The van der Waals surface area contributed by atoms with Crippen LogP contribution in [0.5, 0.6) is 0 Å². The van der Waals surface area contributed by atoms with E-state index in [0.717, 1.165) is 29.0 Å². The van der Waals surface area contributed by atoms with Crippen molar-refractivity contribution in [2.24, 2.45) is 5.92 Å². The summed E-state index contributed by atoms with van der Waals surface area (Å²) < 4.78 is 0.956. The van der Waals surface area contributed by atoms with Gasteiger partial charge in [0, 0.05) is 21.7 Å². The maximum absolute atomic E-state index is 12.1. The molecule has 1 aliphatic carbocycles. The third kappa shape index (κ3) is 2.69. The number of hydrogen-bond donors (Lipinski definition) is 2. The number of nitrogens with two attached hydrogens (primary N) is 1. The lowest BCUT2D eigenvalue weighted by molar-refractivity contribution is 0.0957. The topological polar surface area (TPSA) is 55.1 Å². The van der Waals surface area contributed by atoms with E-state index in [0.29, 0.717) is 15.6 Å². The van der Waals surface area contributed by atoms with E-state index in [9.17, 15) is 4.79 Å². The summed E-state index contributed by atoms with van der Waals surface area (Å²) in [5.74, 6) is 0.745. The summed E-state index contributed by atoms with van der Waals surface area (Å²) in [5, 5.41) is 4.51. The standard InChI is InChI=1S/C14H15ClN2OS/c15-9-3-4-10-11(7-9)19-13(12(10)16)14(18)17-6-5-8-1-2-8/h3-4,7-8H,1-2,5-6,16H2,(H,17,18). The highest BCUT2D eigenvalue weighted by molar-refractivity contribution is 7.21. The lowest BCUT2D eigenvalue weighted by atomic mass is 10.2. The molecule has 2 aromatic rings. The van der Waals surface area contributed by atoms with Crippen molar-refractivity contribution >= 4 is 44.6 Å². The summed E-state index contributed by atoms with van der Waals surface area (Å²) in [6.45, 7) is 0.734. The van der Waals surface area contributed by atoms with Gasteiger partial charge in [0.1, 0.15) is 4.88 Å². The summed E-state index contributed by atoms with van der Waals surface area (Å²) in [4.78, 5) is 12.7. The van der Waals surface area contributed by atoms with Crippen LogP contribution < -0.4 is 11.1 Å². The molecule has 0 bridgehead atoms. The zero-order valence-corrected chi connectivity index (χ0v) is 12.0. The average molecular weight is 295 g/mol. The summed E-state index contributed by atoms with van der Waals surface area (Å²) in [5.41, 5.74) is 6.60. The van der Waals surface area contributed by atoms with E-state index in [2.05, 4.69) is 5.32 Å². The van der Waals surface area contributed by atoms with Gasteiger partial charge in [0.25, 0.3) is 5.91 Å². The molecule has 1 aromatic carbocycles. The third-order valence-corrected chi connectivity index (χ3v) is 4.83. The van der Waals surface area contributed by atoms with Gasteiger partial charge in [-0.1, -0.05) is 24.4 Å². The first-order valence-electron chi connectivity index (χ1n) is 6.41. The number of halogens is 1. The zero-order valence-electron chi connectivity index (χ0n) is 10.4. The van der Waals surface area contributed by atoms with E-state index in [1.807, 2.05) is 12.1 Å². The lowest BCUT2D eigenvalue weighted by Crippen LogP contribution is -2.24. The molecular formula is C14H15ClN2OS. The highest BCUT2D eigenvalue weighted by Crippen LogP contribution is 2.35. The van der Waals surface area contributed by atoms with Crippen LogP contribution in [0.3, 0.4) is 0 Å². The first-order chi connectivity index (χ1) is 9.15. The number of benzene rings is 1. The molecule has 0 saturated heterocycles. The molecule has 0 aliphatic heterocycles. The van der Waals surface area contributed by atoms with Crippen LogP contribution in [0.25, 0.3) is 10.1 Å². The molecule has 1 amide bonds. The minimum Gasteiger partial charge on any atom is -0.397 e. The predicted molar refractivity (Wildman–Crippen MR) is 80.9 cm³/mol. The number of anilines is 1. The lowest BCUT2D eigenvalue weighted by Gasteiger charge is -2.03. The second-order valence-corrected chi connectivity index (χ2v) is 6.46. The monoisotopic (exact) mass is 294 g/mol. The van der Waals surface area contributed by atoms with Crippen LogP contribution in [0, 0.1) is 5.92 Å². The zero-order chi connectivity index (χ0) is 13.4. The van der Waals surface area contributed by atoms with Crippen molar-refractivity contribution in [3.05, 3.63) is 28.1 Å². The molecular weight excluding hydrogens is 280 g/mol. The number of hydrogen-bond acceptors (Lipinski definition) is 3. The number of nitrogen functional groups attached to an aromatic ring is 1. The van der Waals surface area contributed by atoms with Crippen LogP contribution in [0.1, 0.15) is 28.9 Å². The molecule has 3 N–H and O–H groups in total. The molecule has 1 fully saturated rings. The van der Waals surface area contributed by atoms with Crippen LogP contribution in [0.15, 0.2) is 18.2 Å². The summed E-state index contributed by atoms with van der Waals surface area (Å²) in [6, 6.07) is 5.51. The fourth-order valence-corrected chi connectivity index (χ4v) is 3.45. The Morgan fingerprint density at radius 2 is 2.26 bits per heavy atom. The van der Waals surface area contributed by atoms with Crippen molar-refractivity contribution in [1.82, 2.24) is 5.32 Å². The average Bonchev–Trinajstić information content (AvgIpc) is 3.14. The SMILES string of the molecule is Nc1c(C(=O)NCCC2CC2)sc2cc(Cl)ccc12. The first kappa shape index (κ1) is 12.8. The van der Waals surface area contributed by atoms with Crippen molar-refractivity contribution in [2.75, 3.05) is 12.3 Å². The van der Waals surface area contributed by atoms with Gasteiger partial charge in [-0.25, -0.2) is 0 Å². The van der Waals surface area contributed by atoms with Crippen molar-refractivity contribution in [3.8, 4) is 0 Å². The molecule has 0 unspecified atom stereocenters. The van der Waals surface area contributed by atoms with E-state index in [1.54, 1.807) is 6.07 Å². The Morgan fingerprint density at radius 1 is 1.47 bits per heavy atom. The van der Waals surface area contributed by atoms with Gasteiger partial charge in [-0.05, 0) is 30.5 Å². The quantitative estimate of drug-likeness (QED) is 0.904. The Balaban J connectivity index is 1.78. The molecule has 19 heavy (non-hydrogen) atoms. The first-order valence-corrected chi connectivity index (χ1v) is 7.60. The summed E-state index contributed by atoms with van der Waals surface area (Å²) >= 11 is 7.35. The molecule has 0 spiro atoms. The van der Waals surface area contributed by atoms with Crippen molar-refractivity contribution in [3.63, 3.8) is 0 Å². The fourth-order valence-electron chi connectivity index (χ4n) is 2.14.